The predicted octanol–water partition coefficient (Wildman–Crippen LogP) is 2.94. The molecule has 0 fully saturated rings. The summed E-state index contributed by atoms with van der Waals surface area (Å²) in [5.41, 5.74) is 0.804. The zero-order chi connectivity index (χ0) is 12.2. The van der Waals surface area contributed by atoms with Gasteiger partial charge in [-0.25, -0.2) is 4.79 Å². The Morgan fingerprint density at radius 1 is 1.25 bits per heavy atom. The van der Waals surface area contributed by atoms with E-state index in [1.54, 1.807) is 12.1 Å². The van der Waals surface area contributed by atoms with Gasteiger partial charge in [-0.15, -0.1) is 0 Å². The van der Waals surface area contributed by atoms with Gasteiger partial charge in [0.15, 0.2) is 0 Å². The number of urea groups is 1. The van der Waals surface area contributed by atoms with E-state index in [0.717, 1.165) is 5.56 Å². The first kappa shape index (κ1) is 12.8. The van der Waals surface area contributed by atoms with Crippen LogP contribution in [-0.2, 0) is 6.54 Å². The van der Waals surface area contributed by atoms with Crippen LogP contribution in [0, 0.1) is 0 Å². The average molecular weight is 241 g/mol. The Bertz CT molecular complexity index is 354. The van der Waals surface area contributed by atoms with Crippen molar-refractivity contribution >= 4 is 17.6 Å². The summed E-state index contributed by atoms with van der Waals surface area (Å²) in [5.74, 6) is 0. The lowest BCUT2D eigenvalue weighted by molar-refractivity contribution is 0.231. The third-order valence-electron chi connectivity index (χ3n) is 1.85. The van der Waals surface area contributed by atoms with Gasteiger partial charge in [-0.05, 0) is 38.5 Å². The van der Waals surface area contributed by atoms with Crippen molar-refractivity contribution in [2.45, 2.75) is 32.9 Å². The lowest BCUT2D eigenvalue weighted by Gasteiger charge is -2.20. The van der Waals surface area contributed by atoms with Gasteiger partial charge in [-0.3, -0.25) is 0 Å². The Morgan fingerprint density at radius 2 is 1.81 bits per heavy atom. The van der Waals surface area contributed by atoms with E-state index in [2.05, 4.69) is 10.6 Å². The van der Waals surface area contributed by atoms with Gasteiger partial charge in [0.1, 0.15) is 0 Å². The van der Waals surface area contributed by atoms with Crippen LogP contribution in [-0.4, -0.2) is 11.6 Å². The Labute approximate surface area is 101 Å². The second-order valence-corrected chi connectivity index (χ2v) is 5.12. The lowest BCUT2D eigenvalue weighted by Crippen LogP contribution is -2.46. The first-order chi connectivity index (χ1) is 7.37. The van der Waals surface area contributed by atoms with Crippen LogP contribution in [0.1, 0.15) is 26.3 Å². The molecule has 0 bridgehead atoms. The number of carbonyl (C=O) groups is 1. The molecule has 16 heavy (non-hydrogen) atoms. The quantitative estimate of drug-likeness (QED) is 0.820. The monoisotopic (exact) mass is 240 g/mol. The zero-order valence-corrected chi connectivity index (χ0v) is 10.6. The summed E-state index contributed by atoms with van der Waals surface area (Å²) >= 11 is 5.76. The first-order valence-corrected chi connectivity index (χ1v) is 5.55. The number of halogens is 1. The maximum absolute atomic E-state index is 11.5. The minimum absolute atomic E-state index is 0.164. The van der Waals surface area contributed by atoms with Crippen LogP contribution in [0.25, 0.3) is 0 Å². The van der Waals surface area contributed by atoms with E-state index in [-0.39, 0.29) is 11.6 Å². The molecule has 2 N–H and O–H groups in total. The predicted molar refractivity (Wildman–Crippen MR) is 66.6 cm³/mol. The minimum atomic E-state index is -0.218. The number of rotatable bonds is 2. The summed E-state index contributed by atoms with van der Waals surface area (Å²) in [6.07, 6.45) is 0. The molecular formula is C12H17ClN2O. The topological polar surface area (TPSA) is 41.1 Å². The molecule has 2 amide bonds. The maximum atomic E-state index is 11.5. The van der Waals surface area contributed by atoms with Crippen molar-refractivity contribution in [3.05, 3.63) is 34.9 Å². The molecule has 1 aromatic rings. The Balaban J connectivity index is 2.40. The van der Waals surface area contributed by atoms with Crippen LogP contribution in [0.15, 0.2) is 24.3 Å². The second kappa shape index (κ2) is 5.21. The third-order valence-corrected chi connectivity index (χ3v) is 2.11. The molecule has 88 valence electrons. The molecule has 0 unspecified atom stereocenters. The molecule has 0 saturated carbocycles. The van der Waals surface area contributed by atoms with E-state index in [9.17, 15) is 4.79 Å². The highest BCUT2D eigenvalue weighted by Gasteiger charge is 2.12. The Kier molecular flexibility index (Phi) is 4.19. The lowest BCUT2D eigenvalue weighted by atomic mass is 10.1. The van der Waals surface area contributed by atoms with Crippen molar-refractivity contribution < 1.29 is 4.79 Å². The van der Waals surface area contributed by atoms with Crippen molar-refractivity contribution in [3.8, 4) is 0 Å². The molecular weight excluding hydrogens is 224 g/mol. The molecule has 0 heterocycles. The SMILES string of the molecule is CC(C)(C)NC(=O)NCc1ccc(Cl)cc1. The third kappa shape index (κ3) is 5.03. The van der Waals surface area contributed by atoms with E-state index in [1.165, 1.54) is 0 Å². The summed E-state index contributed by atoms with van der Waals surface area (Å²) in [5, 5.41) is 6.30. The normalized spacial score (nSPS) is 11.0. The van der Waals surface area contributed by atoms with Gasteiger partial charge in [0.25, 0.3) is 0 Å². The zero-order valence-electron chi connectivity index (χ0n) is 9.80. The number of carbonyl (C=O) groups excluding carboxylic acids is 1. The van der Waals surface area contributed by atoms with Crippen molar-refractivity contribution in [2.24, 2.45) is 0 Å². The fourth-order valence-corrected chi connectivity index (χ4v) is 1.30. The highest BCUT2D eigenvalue weighted by atomic mass is 35.5. The molecule has 0 aromatic heterocycles. The maximum Gasteiger partial charge on any atom is 0.315 e. The molecule has 0 aliphatic rings. The van der Waals surface area contributed by atoms with E-state index in [1.807, 2.05) is 32.9 Å². The van der Waals surface area contributed by atoms with Gasteiger partial charge >= 0.3 is 6.03 Å². The molecule has 0 aliphatic heterocycles. The van der Waals surface area contributed by atoms with E-state index in [0.29, 0.717) is 11.6 Å². The number of hydrogen-bond donors (Lipinski definition) is 2. The summed E-state index contributed by atoms with van der Waals surface area (Å²) in [7, 11) is 0. The summed E-state index contributed by atoms with van der Waals surface area (Å²) in [4.78, 5) is 11.5. The van der Waals surface area contributed by atoms with Crippen LogP contribution in [0.2, 0.25) is 5.02 Å². The van der Waals surface area contributed by atoms with Crippen molar-refractivity contribution in [1.82, 2.24) is 10.6 Å². The van der Waals surface area contributed by atoms with Crippen LogP contribution < -0.4 is 10.6 Å². The van der Waals surface area contributed by atoms with Crippen molar-refractivity contribution in [2.75, 3.05) is 0 Å². The van der Waals surface area contributed by atoms with E-state index >= 15 is 0 Å². The Morgan fingerprint density at radius 3 is 2.31 bits per heavy atom. The summed E-state index contributed by atoms with van der Waals surface area (Å²) < 4.78 is 0. The molecule has 3 nitrogen and oxygen atoms in total. The van der Waals surface area contributed by atoms with E-state index < -0.39 is 0 Å². The molecule has 1 rings (SSSR count). The fourth-order valence-electron chi connectivity index (χ4n) is 1.17. The first-order valence-electron chi connectivity index (χ1n) is 5.17. The van der Waals surface area contributed by atoms with Gasteiger partial charge < -0.3 is 10.6 Å². The van der Waals surface area contributed by atoms with Crippen molar-refractivity contribution in [3.63, 3.8) is 0 Å². The molecule has 0 saturated heterocycles. The Hall–Kier alpha value is -1.22. The van der Waals surface area contributed by atoms with Crippen LogP contribution in [0.4, 0.5) is 4.79 Å². The smallest absolute Gasteiger partial charge is 0.315 e. The number of nitrogens with one attached hydrogen (secondary N) is 2. The molecule has 0 atom stereocenters. The number of benzene rings is 1. The van der Waals surface area contributed by atoms with Gasteiger partial charge in [0, 0.05) is 17.1 Å². The second-order valence-electron chi connectivity index (χ2n) is 4.68. The molecule has 1 aromatic carbocycles. The van der Waals surface area contributed by atoms with Gasteiger partial charge in [0.2, 0.25) is 0 Å². The largest absolute Gasteiger partial charge is 0.334 e. The molecule has 0 aliphatic carbocycles. The van der Waals surface area contributed by atoms with Gasteiger partial charge in [-0.1, -0.05) is 23.7 Å². The van der Waals surface area contributed by atoms with E-state index in [4.69, 9.17) is 11.6 Å². The van der Waals surface area contributed by atoms with Crippen LogP contribution in [0.5, 0.6) is 0 Å². The van der Waals surface area contributed by atoms with Crippen LogP contribution in [0.3, 0.4) is 0 Å². The minimum Gasteiger partial charge on any atom is -0.334 e. The molecule has 4 heteroatoms. The van der Waals surface area contributed by atoms with Gasteiger partial charge in [0.05, 0.1) is 0 Å². The molecule has 0 radical (unpaired) electrons. The highest BCUT2D eigenvalue weighted by molar-refractivity contribution is 6.30. The summed E-state index contributed by atoms with van der Waals surface area (Å²) in [6.45, 7) is 6.32. The highest BCUT2D eigenvalue weighted by Crippen LogP contribution is 2.09. The van der Waals surface area contributed by atoms with Crippen LogP contribution >= 0.6 is 11.6 Å². The molecule has 0 spiro atoms. The number of amides is 2. The standard InChI is InChI=1S/C12H17ClN2O/c1-12(2,3)15-11(16)14-8-9-4-6-10(13)7-5-9/h4-7H,8H2,1-3H3,(H2,14,15,16). The van der Waals surface area contributed by atoms with Gasteiger partial charge in [-0.2, -0.15) is 0 Å². The number of hydrogen-bond acceptors (Lipinski definition) is 1. The fraction of sp³-hybridized carbons (Fsp3) is 0.417. The summed E-state index contributed by atoms with van der Waals surface area (Å²) in [6, 6.07) is 7.22. The average Bonchev–Trinajstić information content (AvgIpc) is 2.14. The van der Waals surface area contributed by atoms with Crippen molar-refractivity contribution in [1.29, 1.82) is 0 Å².